The van der Waals surface area contributed by atoms with Crippen molar-refractivity contribution in [3.05, 3.63) is 72.2 Å². The topological polar surface area (TPSA) is 80.7 Å². The van der Waals surface area contributed by atoms with Crippen molar-refractivity contribution < 1.29 is 4.79 Å². The van der Waals surface area contributed by atoms with Crippen LogP contribution in [0.4, 0.5) is 0 Å². The fourth-order valence-corrected chi connectivity index (χ4v) is 2.05. The van der Waals surface area contributed by atoms with Crippen LogP contribution >= 0.6 is 0 Å². The highest BCUT2D eigenvalue weighted by Crippen LogP contribution is 2.16. The van der Waals surface area contributed by atoms with Crippen LogP contribution in [0.25, 0.3) is 11.3 Å². The Balaban J connectivity index is 1.69. The second-order valence-electron chi connectivity index (χ2n) is 5.01. The lowest BCUT2D eigenvalue weighted by Crippen LogP contribution is -2.24. The molecule has 0 spiro atoms. The summed E-state index contributed by atoms with van der Waals surface area (Å²) in [5.41, 5.74) is 3.86. The zero-order valence-electron chi connectivity index (χ0n) is 12.6. The zero-order chi connectivity index (χ0) is 16.1. The average Bonchev–Trinajstić information content (AvgIpc) is 2.61. The van der Waals surface area contributed by atoms with Crippen LogP contribution in [0.5, 0.6) is 0 Å². The minimum absolute atomic E-state index is 0.250. The summed E-state index contributed by atoms with van der Waals surface area (Å²) in [4.78, 5) is 28.5. The van der Waals surface area contributed by atoms with Crippen molar-refractivity contribution in [2.45, 2.75) is 13.5 Å². The van der Waals surface area contributed by atoms with E-state index in [4.69, 9.17) is 0 Å². The lowest BCUT2D eigenvalue weighted by atomic mass is 10.1. The second kappa shape index (κ2) is 6.74. The van der Waals surface area contributed by atoms with Crippen LogP contribution in [0.3, 0.4) is 0 Å². The molecule has 0 radical (unpaired) electrons. The molecule has 3 rings (SSSR count). The van der Waals surface area contributed by atoms with Gasteiger partial charge >= 0.3 is 0 Å². The second-order valence-corrected chi connectivity index (χ2v) is 5.01. The van der Waals surface area contributed by atoms with E-state index in [2.05, 4.69) is 25.3 Å². The van der Waals surface area contributed by atoms with Crippen molar-refractivity contribution >= 4 is 5.91 Å². The molecule has 0 aliphatic heterocycles. The Bertz CT molecular complexity index is 803. The first kappa shape index (κ1) is 14.8. The van der Waals surface area contributed by atoms with E-state index in [9.17, 15) is 4.79 Å². The van der Waals surface area contributed by atoms with E-state index in [0.717, 1.165) is 22.5 Å². The van der Waals surface area contributed by atoms with E-state index in [0.29, 0.717) is 12.2 Å². The number of hydrogen-bond acceptors (Lipinski definition) is 5. The predicted molar refractivity (Wildman–Crippen MR) is 85.4 cm³/mol. The SMILES string of the molecule is Cc1cnc(C(=O)NCc2ccnc(-c3ccncc3)c2)cn1. The molecule has 6 nitrogen and oxygen atoms in total. The number of carbonyl (C=O) groups is 1. The van der Waals surface area contributed by atoms with Crippen molar-refractivity contribution in [3.8, 4) is 11.3 Å². The van der Waals surface area contributed by atoms with Gasteiger partial charge in [-0.05, 0) is 36.8 Å². The molecule has 1 amide bonds. The Morgan fingerprint density at radius 2 is 1.87 bits per heavy atom. The lowest BCUT2D eigenvalue weighted by Gasteiger charge is -2.07. The van der Waals surface area contributed by atoms with Gasteiger partial charge in [0.25, 0.3) is 5.91 Å². The Morgan fingerprint density at radius 3 is 2.61 bits per heavy atom. The van der Waals surface area contributed by atoms with Gasteiger partial charge in [0.15, 0.2) is 0 Å². The van der Waals surface area contributed by atoms with Crippen molar-refractivity contribution in [1.82, 2.24) is 25.3 Å². The summed E-state index contributed by atoms with van der Waals surface area (Å²) in [6.45, 7) is 2.22. The number of rotatable bonds is 4. The zero-order valence-corrected chi connectivity index (χ0v) is 12.6. The maximum Gasteiger partial charge on any atom is 0.271 e. The molecule has 0 atom stereocenters. The molecule has 114 valence electrons. The van der Waals surface area contributed by atoms with E-state index in [1.54, 1.807) is 24.8 Å². The maximum absolute atomic E-state index is 12.0. The maximum atomic E-state index is 12.0. The number of aryl methyl sites for hydroxylation is 1. The summed E-state index contributed by atoms with van der Waals surface area (Å²) < 4.78 is 0. The fourth-order valence-electron chi connectivity index (χ4n) is 2.05. The first-order valence-corrected chi connectivity index (χ1v) is 7.14. The van der Waals surface area contributed by atoms with E-state index in [1.807, 2.05) is 31.2 Å². The van der Waals surface area contributed by atoms with Crippen molar-refractivity contribution in [1.29, 1.82) is 0 Å². The van der Waals surface area contributed by atoms with Crippen molar-refractivity contribution in [2.24, 2.45) is 0 Å². The molecular formula is C17H15N5O. The molecule has 0 saturated heterocycles. The van der Waals surface area contributed by atoms with E-state index < -0.39 is 0 Å². The molecule has 0 bridgehead atoms. The molecule has 0 unspecified atom stereocenters. The molecule has 0 aromatic carbocycles. The molecule has 0 fully saturated rings. The van der Waals surface area contributed by atoms with Gasteiger partial charge in [-0.1, -0.05) is 0 Å². The highest BCUT2D eigenvalue weighted by Gasteiger charge is 2.07. The van der Waals surface area contributed by atoms with Gasteiger partial charge in [-0.3, -0.25) is 19.7 Å². The van der Waals surface area contributed by atoms with Crippen LogP contribution in [0.15, 0.2) is 55.2 Å². The Kier molecular flexibility index (Phi) is 4.33. The minimum atomic E-state index is -0.250. The normalized spacial score (nSPS) is 10.3. The molecule has 0 aliphatic carbocycles. The summed E-state index contributed by atoms with van der Waals surface area (Å²) in [6, 6.07) is 7.60. The van der Waals surface area contributed by atoms with Gasteiger partial charge in [-0.25, -0.2) is 4.98 Å². The monoisotopic (exact) mass is 305 g/mol. The first-order valence-electron chi connectivity index (χ1n) is 7.14. The number of hydrogen-bond donors (Lipinski definition) is 1. The van der Waals surface area contributed by atoms with Gasteiger partial charge < -0.3 is 5.32 Å². The fraction of sp³-hybridized carbons (Fsp3) is 0.118. The number of nitrogens with one attached hydrogen (secondary N) is 1. The minimum Gasteiger partial charge on any atom is -0.347 e. The summed E-state index contributed by atoms with van der Waals surface area (Å²) in [7, 11) is 0. The van der Waals surface area contributed by atoms with Crippen molar-refractivity contribution in [3.63, 3.8) is 0 Å². The molecule has 1 N–H and O–H groups in total. The number of carbonyl (C=O) groups excluding carboxylic acids is 1. The van der Waals surface area contributed by atoms with Crippen LogP contribution in [-0.2, 0) is 6.54 Å². The third-order valence-electron chi connectivity index (χ3n) is 3.27. The molecular weight excluding hydrogens is 290 g/mol. The lowest BCUT2D eigenvalue weighted by molar-refractivity contribution is 0.0945. The summed E-state index contributed by atoms with van der Waals surface area (Å²) in [5, 5.41) is 2.83. The average molecular weight is 305 g/mol. The molecule has 6 heteroatoms. The molecule has 3 aromatic rings. The Labute approximate surface area is 133 Å². The Morgan fingerprint density at radius 1 is 1.04 bits per heavy atom. The predicted octanol–water partition coefficient (Wildman–Crippen LogP) is 2.17. The smallest absolute Gasteiger partial charge is 0.271 e. The van der Waals surface area contributed by atoms with E-state index >= 15 is 0 Å². The first-order chi connectivity index (χ1) is 11.2. The standard InChI is InChI=1S/C17H15N5O/c1-12-9-21-16(11-20-12)17(23)22-10-13-2-7-19-15(8-13)14-3-5-18-6-4-14/h2-9,11H,10H2,1H3,(H,22,23). The van der Waals surface area contributed by atoms with Crippen LogP contribution in [0, 0.1) is 6.92 Å². The molecule has 3 aromatic heterocycles. The summed E-state index contributed by atoms with van der Waals surface area (Å²) in [6.07, 6.45) is 8.22. The van der Waals surface area contributed by atoms with E-state index in [1.165, 1.54) is 6.20 Å². The van der Waals surface area contributed by atoms with E-state index in [-0.39, 0.29) is 5.91 Å². The van der Waals surface area contributed by atoms with Crippen LogP contribution in [0.1, 0.15) is 21.7 Å². The molecule has 3 heterocycles. The highest BCUT2D eigenvalue weighted by atomic mass is 16.1. The molecule has 0 aliphatic rings. The summed E-state index contributed by atoms with van der Waals surface area (Å²) in [5.74, 6) is -0.250. The van der Waals surface area contributed by atoms with Gasteiger partial charge in [-0.15, -0.1) is 0 Å². The largest absolute Gasteiger partial charge is 0.347 e. The summed E-state index contributed by atoms with van der Waals surface area (Å²) >= 11 is 0. The third-order valence-corrected chi connectivity index (χ3v) is 3.27. The van der Waals surface area contributed by atoms with Crippen LogP contribution < -0.4 is 5.32 Å². The van der Waals surface area contributed by atoms with Gasteiger partial charge in [0.1, 0.15) is 5.69 Å². The number of aromatic nitrogens is 4. The highest BCUT2D eigenvalue weighted by molar-refractivity contribution is 5.91. The quantitative estimate of drug-likeness (QED) is 0.799. The van der Waals surface area contributed by atoms with Crippen molar-refractivity contribution in [2.75, 3.05) is 0 Å². The molecule has 0 saturated carbocycles. The Hall–Kier alpha value is -3.15. The van der Waals surface area contributed by atoms with Gasteiger partial charge in [-0.2, -0.15) is 0 Å². The van der Waals surface area contributed by atoms with Gasteiger partial charge in [0.2, 0.25) is 0 Å². The molecule has 23 heavy (non-hydrogen) atoms. The third kappa shape index (κ3) is 3.74. The number of amides is 1. The van der Waals surface area contributed by atoms with Crippen LogP contribution in [-0.4, -0.2) is 25.8 Å². The number of pyridine rings is 2. The van der Waals surface area contributed by atoms with Crippen LogP contribution in [0.2, 0.25) is 0 Å². The number of nitrogens with zero attached hydrogens (tertiary/aromatic N) is 4. The van der Waals surface area contributed by atoms with Gasteiger partial charge in [0.05, 0.1) is 17.6 Å². The van der Waals surface area contributed by atoms with Gasteiger partial charge in [0, 0.05) is 36.9 Å².